The second kappa shape index (κ2) is 4.65. The normalized spacial score (nSPS) is 16.5. The molecule has 0 radical (unpaired) electrons. The second-order valence-electron chi connectivity index (χ2n) is 3.09. The fourth-order valence-corrected chi connectivity index (χ4v) is 1.19. The lowest BCUT2D eigenvalue weighted by Gasteiger charge is -2.01. The van der Waals surface area contributed by atoms with Crippen molar-refractivity contribution in [2.24, 2.45) is 5.92 Å². The van der Waals surface area contributed by atoms with E-state index in [2.05, 4.69) is 17.9 Å². The first-order valence-electron chi connectivity index (χ1n) is 4.20. The Bertz CT molecular complexity index is 134. The zero-order chi connectivity index (χ0) is 8.10. The summed E-state index contributed by atoms with van der Waals surface area (Å²) in [4.78, 5) is 10.7. The van der Waals surface area contributed by atoms with Gasteiger partial charge in [0.1, 0.15) is 0 Å². The highest BCUT2D eigenvalue weighted by Crippen LogP contribution is 2.33. The van der Waals surface area contributed by atoms with E-state index in [0.29, 0.717) is 5.75 Å². The van der Waals surface area contributed by atoms with Gasteiger partial charge >= 0.3 is 0 Å². The van der Waals surface area contributed by atoms with Crippen molar-refractivity contribution >= 4 is 18.5 Å². The Morgan fingerprint density at radius 1 is 1.55 bits per heavy atom. The molecule has 64 valence electrons. The van der Waals surface area contributed by atoms with Crippen molar-refractivity contribution in [1.82, 2.24) is 5.32 Å². The summed E-state index contributed by atoms with van der Waals surface area (Å²) in [6.07, 6.45) is 5.22. The number of amides is 1. The predicted molar refractivity (Wildman–Crippen MR) is 48.8 cm³/mol. The molecule has 0 heterocycles. The molecule has 0 aromatic carbocycles. The van der Waals surface area contributed by atoms with E-state index in [1.54, 1.807) is 0 Å². The van der Waals surface area contributed by atoms with Crippen molar-refractivity contribution < 1.29 is 4.79 Å². The minimum absolute atomic E-state index is 0.0455. The van der Waals surface area contributed by atoms with Crippen LogP contribution in [0.2, 0.25) is 0 Å². The molecule has 1 N–H and O–H groups in total. The molecule has 1 aliphatic carbocycles. The Kier molecular flexibility index (Phi) is 3.77. The minimum Gasteiger partial charge on any atom is -0.355 e. The molecule has 0 bridgehead atoms. The van der Waals surface area contributed by atoms with Crippen molar-refractivity contribution in [1.29, 1.82) is 0 Å². The van der Waals surface area contributed by atoms with Crippen LogP contribution in [0.3, 0.4) is 0 Å². The summed E-state index contributed by atoms with van der Waals surface area (Å²) in [5, 5.41) is 2.80. The van der Waals surface area contributed by atoms with E-state index in [0.717, 1.165) is 18.9 Å². The molecule has 0 atom stereocenters. The zero-order valence-corrected chi connectivity index (χ0v) is 7.57. The maximum Gasteiger partial charge on any atom is 0.229 e. The van der Waals surface area contributed by atoms with Gasteiger partial charge in [0.15, 0.2) is 0 Å². The molecule has 3 heteroatoms. The van der Waals surface area contributed by atoms with Crippen molar-refractivity contribution in [2.75, 3.05) is 12.3 Å². The summed E-state index contributed by atoms with van der Waals surface area (Å²) < 4.78 is 0. The zero-order valence-electron chi connectivity index (χ0n) is 6.68. The number of nitrogens with one attached hydrogen (secondary N) is 1. The van der Waals surface area contributed by atoms with Crippen LogP contribution in [0.1, 0.15) is 25.7 Å². The summed E-state index contributed by atoms with van der Waals surface area (Å²) >= 11 is 3.86. The van der Waals surface area contributed by atoms with Crippen molar-refractivity contribution in [3.8, 4) is 0 Å². The average Bonchev–Trinajstić information content (AvgIpc) is 2.81. The number of carbonyl (C=O) groups is 1. The quantitative estimate of drug-likeness (QED) is 0.475. The fraction of sp³-hybridized carbons (Fsp3) is 0.875. The third-order valence-electron chi connectivity index (χ3n) is 1.95. The SMILES string of the molecule is O=C(CS)NCCCC1CC1. The average molecular weight is 173 g/mol. The van der Waals surface area contributed by atoms with Gasteiger partial charge in [0.05, 0.1) is 5.75 Å². The lowest BCUT2D eigenvalue weighted by Crippen LogP contribution is -2.25. The molecule has 0 aliphatic heterocycles. The molecule has 1 aliphatic rings. The molecule has 0 aromatic rings. The van der Waals surface area contributed by atoms with Crippen LogP contribution < -0.4 is 5.32 Å². The standard InChI is InChI=1S/C8H15NOS/c10-8(6-11)9-5-1-2-7-3-4-7/h7,11H,1-6H2,(H,9,10). The van der Waals surface area contributed by atoms with Gasteiger partial charge in [0.25, 0.3) is 0 Å². The molecule has 0 aromatic heterocycles. The van der Waals surface area contributed by atoms with E-state index in [4.69, 9.17) is 0 Å². The smallest absolute Gasteiger partial charge is 0.229 e. The molecule has 1 fully saturated rings. The molecule has 1 saturated carbocycles. The molecule has 1 rings (SSSR count). The highest BCUT2D eigenvalue weighted by Gasteiger charge is 2.19. The Balaban J connectivity index is 1.82. The summed E-state index contributed by atoms with van der Waals surface area (Å²) in [5.41, 5.74) is 0. The van der Waals surface area contributed by atoms with Crippen LogP contribution >= 0.6 is 12.6 Å². The van der Waals surface area contributed by atoms with Crippen molar-refractivity contribution in [2.45, 2.75) is 25.7 Å². The van der Waals surface area contributed by atoms with Gasteiger partial charge in [-0.2, -0.15) is 12.6 Å². The maximum atomic E-state index is 10.7. The Morgan fingerprint density at radius 2 is 2.27 bits per heavy atom. The van der Waals surface area contributed by atoms with Crippen LogP contribution in [0, 0.1) is 5.92 Å². The van der Waals surface area contributed by atoms with Gasteiger partial charge in [0.2, 0.25) is 5.91 Å². The Labute approximate surface area is 73.2 Å². The first kappa shape index (κ1) is 8.91. The Morgan fingerprint density at radius 3 is 2.82 bits per heavy atom. The van der Waals surface area contributed by atoms with Gasteiger partial charge < -0.3 is 5.32 Å². The van der Waals surface area contributed by atoms with Crippen molar-refractivity contribution in [3.63, 3.8) is 0 Å². The minimum atomic E-state index is 0.0455. The van der Waals surface area contributed by atoms with Gasteiger partial charge in [0, 0.05) is 6.54 Å². The van der Waals surface area contributed by atoms with E-state index in [1.165, 1.54) is 19.3 Å². The summed E-state index contributed by atoms with van der Waals surface area (Å²) in [5.74, 6) is 1.33. The van der Waals surface area contributed by atoms with Gasteiger partial charge in [-0.15, -0.1) is 0 Å². The molecular formula is C8H15NOS. The highest BCUT2D eigenvalue weighted by molar-refractivity contribution is 7.81. The third-order valence-corrected chi connectivity index (χ3v) is 2.24. The van der Waals surface area contributed by atoms with Gasteiger partial charge in [-0.3, -0.25) is 4.79 Å². The fourth-order valence-electron chi connectivity index (χ4n) is 1.08. The molecule has 2 nitrogen and oxygen atoms in total. The number of hydrogen-bond acceptors (Lipinski definition) is 2. The molecule has 0 spiro atoms. The summed E-state index contributed by atoms with van der Waals surface area (Å²) in [6.45, 7) is 0.829. The van der Waals surface area contributed by atoms with Gasteiger partial charge in [-0.05, 0) is 18.8 Å². The first-order chi connectivity index (χ1) is 5.33. The highest BCUT2D eigenvalue weighted by atomic mass is 32.1. The Hall–Kier alpha value is -0.180. The molecular weight excluding hydrogens is 158 g/mol. The number of thiol groups is 1. The lowest BCUT2D eigenvalue weighted by molar-refractivity contribution is -0.118. The van der Waals surface area contributed by atoms with Crippen molar-refractivity contribution in [3.05, 3.63) is 0 Å². The number of carbonyl (C=O) groups excluding carboxylic acids is 1. The molecule has 0 saturated heterocycles. The summed E-state index contributed by atoms with van der Waals surface area (Å²) in [6, 6.07) is 0. The molecule has 11 heavy (non-hydrogen) atoms. The second-order valence-corrected chi connectivity index (χ2v) is 3.41. The van der Waals surface area contributed by atoms with Crippen LogP contribution in [-0.2, 0) is 4.79 Å². The largest absolute Gasteiger partial charge is 0.355 e. The van der Waals surface area contributed by atoms with E-state index in [9.17, 15) is 4.79 Å². The number of hydrogen-bond donors (Lipinski definition) is 2. The van der Waals surface area contributed by atoms with Crippen LogP contribution in [0.4, 0.5) is 0 Å². The monoisotopic (exact) mass is 173 g/mol. The van der Waals surface area contributed by atoms with E-state index in [-0.39, 0.29) is 5.91 Å². The topological polar surface area (TPSA) is 29.1 Å². The van der Waals surface area contributed by atoms with Crippen LogP contribution in [0.5, 0.6) is 0 Å². The van der Waals surface area contributed by atoms with Gasteiger partial charge in [-0.25, -0.2) is 0 Å². The van der Waals surface area contributed by atoms with Crippen LogP contribution in [0.15, 0.2) is 0 Å². The molecule has 0 unspecified atom stereocenters. The summed E-state index contributed by atoms with van der Waals surface area (Å²) in [7, 11) is 0. The maximum absolute atomic E-state index is 10.7. The van der Waals surface area contributed by atoms with E-state index >= 15 is 0 Å². The first-order valence-corrected chi connectivity index (χ1v) is 4.83. The lowest BCUT2D eigenvalue weighted by atomic mass is 10.2. The number of rotatable bonds is 5. The van der Waals surface area contributed by atoms with Crippen LogP contribution in [0.25, 0.3) is 0 Å². The predicted octanol–water partition coefficient (Wildman–Crippen LogP) is 1.22. The van der Waals surface area contributed by atoms with E-state index < -0.39 is 0 Å². The molecule has 1 amide bonds. The van der Waals surface area contributed by atoms with Crippen LogP contribution in [-0.4, -0.2) is 18.2 Å². The van der Waals surface area contributed by atoms with E-state index in [1.807, 2.05) is 0 Å². The third kappa shape index (κ3) is 4.30. The van der Waals surface area contributed by atoms with Gasteiger partial charge in [-0.1, -0.05) is 12.8 Å².